The number of hydrogen-bond donors (Lipinski definition) is 2. The third-order valence-electron chi connectivity index (χ3n) is 2.46. The van der Waals surface area contributed by atoms with Crippen molar-refractivity contribution in [3.05, 3.63) is 37.5 Å². The zero-order chi connectivity index (χ0) is 14.0. The van der Waals surface area contributed by atoms with Gasteiger partial charge in [-0.25, -0.2) is 9.78 Å². The van der Waals surface area contributed by atoms with E-state index in [0.717, 1.165) is 9.75 Å². The van der Waals surface area contributed by atoms with Crippen molar-refractivity contribution in [1.82, 2.24) is 10.3 Å². The summed E-state index contributed by atoms with van der Waals surface area (Å²) in [5, 5.41) is 13.5. The maximum atomic E-state index is 11.9. The van der Waals surface area contributed by atoms with Crippen LogP contribution in [0.3, 0.4) is 0 Å². The molecule has 2 N–H and O–H groups in total. The highest BCUT2D eigenvalue weighted by Gasteiger charge is 2.13. The highest BCUT2D eigenvalue weighted by atomic mass is 32.1. The average Bonchev–Trinajstić information content (AvgIpc) is 2.93. The summed E-state index contributed by atoms with van der Waals surface area (Å²) in [7, 11) is 0. The number of carbonyl (C=O) groups excluding carboxylic acids is 1. The van der Waals surface area contributed by atoms with Crippen molar-refractivity contribution < 1.29 is 14.7 Å². The summed E-state index contributed by atoms with van der Waals surface area (Å²) in [4.78, 5) is 28.6. The van der Waals surface area contributed by atoms with Crippen LogP contribution in [-0.4, -0.2) is 22.0 Å². The first kappa shape index (κ1) is 13.7. The van der Waals surface area contributed by atoms with Crippen molar-refractivity contribution in [1.29, 1.82) is 0 Å². The van der Waals surface area contributed by atoms with Gasteiger partial charge in [0.05, 0.1) is 12.1 Å². The lowest BCUT2D eigenvalue weighted by Crippen LogP contribution is -2.22. The minimum absolute atomic E-state index is 0.0109. The summed E-state index contributed by atoms with van der Waals surface area (Å²) in [6.07, 6.45) is 0. The zero-order valence-corrected chi connectivity index (χ0v) is 12.0. The van der Waals surface area contributed by atoms with Crippen LogP contribution in [0.5, 0.6) is 0 Å². The van der Waals surface area contributed by atoms with Crippen molar-refractivity contribution in [2.24, 2.45) is 0 Å². The van der Waals surface area contributed by atoms with Crippen LogP contribution in [0, 0.1) is 13.8 Å². The fourth-order valence-electron chi connectivity index (χ4n) is 1.60. The molecule has 0 fully saturated rings. The molecule has 100 valence electrons. The number of nitrogens with zero attached hydrogens (tertiary/aromatic N) is 1. The van der Waals surface area contributed by atoms with E-state index in [4.69, 9.17) is 5.11 Å². The third kappa shape index (κ3) is 3.18. The van der Waals surface area contributed by atoms with Crippen LogP contribution in [0.25, 0.3) is 0 Å². The quantitative estimate of drug-likeness (QED) is 0.908. The molecular formula is C12H12N2O3S2. The van der Waals surface area contributed by atoms with Gasteiger partial charge in [-0.2, -0.15) is 0 Å². The molecule has 5 nitrogen and oxygen atoms in total. The number of carboxylic acids is 1. The van der Waals surface area contributed by atoms with Gasteiger partial charge in [0.2, 0.25) is 0 Å². The molecule has 2 aromatic heterocycles. The smallest absolute Gasteiger partial charge is 0.355 e. The highest BCUT2D eigenvalue weighted by Crippen LogP contribution is 2.20. The number of carboxylic acid groups (broad SMARTS) is 1. The number of thiazole rings is 1. The lowest BCUT2D eigenvalue weighted by molar-refractivity contribution is 0.0691. The van der Waals surface area contributed by atoms with Crippen LogP contribution in [0.2, 0.25) is 0 Å². The molecule has 2 aromatic rings. The van der Waals surface area contributed by atoms with E-state index in [9.17, 15) is 9.59 Å². The Morgan fingerprint density at radius 1 is 1.42 bits per heavy atom. The standard InChI is InChI=1S/C12H12N2O3S2/c1-6-3-8(7(2)19-6)11(15)13-4-10-14-9(5-18-10)12(16)17/h3,5H,4H2,1-2H3,(H,13,15)(H,16,17). The number of nitrogens with one attached hydrogen (secondary N) is 1. The molecule has 19 heavy (non-hydrogen) atoms. The number of aromatic carboxylic acids is 1. The molecule has 0 aliphatic heterocycles. The van der Waals surface area contributed by atoms with Gasteiger partial charge in [-0.3, -0.25) is 4.79 Å². The molecule has 7 heteroatoms. The molecule has 0 unspecified atom stereocenters. The van der Waals surface area contributed by atoms with Crippen molar-refractivity contribution >= 4 is 34.6 Å². The van der Waals surface area contributed by atoms with Gasteiger partial charge in [-0.1, -0.05) is 0 Å². The largest absolute Gasteiger partial charge is 0.476 e. The first-order valence-corrected chi connectivity index (χ1v) is 7.20. The Morgan fingerprint density at radius 2 is 2.16 bits per heavy atom. The summed E-state index contributed by atoms with van der Waals surface area (Å²) in [6, 6.07) is 1.85. The second-order valence-corrected chi connectivity index (χ2v) is 6.34. The number of aryl methyl sites for hydroxylation is 2. The minimum Gasteiger partial charge on any atom is -0.476 e. The molecule has 0 atom stereocenters. The van der Waals surface area contributed by atoms with Crippen LogP contribution >= 0.6 is 22.7 Å². The van der Waals surface area contributed by atoms with Gasteiger partial charge in [0.25, 0.3) is 5.91 Å². The van der Waals surface area contributed by atoms with Crippen LogP contribution in [0.15, 0.2) is 11.4 Å². The SMILES string of the molecule is Cc1cc(C(=O)NCc2nc(C(=O)O)cs2)c(C)s1. The van der Waals surface area contributed by atoms with Gasteiger partial charge in [0.1, 0.15) is 5.01 Å². The summed E-state index contributed by atoms with van der Waals surface area (Å²) in [5.41, 5.74) is 0.675. The van der Waals surface area contributed by atoms with Crippen LogP contribution < -0.4 is 5.32 Å². The molecule has 0 saturated heterocycles. The van der Waals surface area contributed by atoms with E-state index in [1.165, 1.54) is 16.7 Å². The Morgan fingerprint density at radius 3 is 2.68 bits per heavy atom. The topological polar surface area (TPSA) is 79.3 Å². The van der Waals surface area contributed by atoms with Crippen LogP contribution in [0.1, 0.15) is 35.6 Å². The number of rotatable bonds is 4. The molecule has 2 rings (SSSR count). The summed E-state index contributed by atoms with van der Waals surface area (Å²) in [5.74, 6) is -1.22. The molecule has 0 radical (unpaired) electrons. The molecule has 0 bridgehead atoms. The number of thiophene rings is 1. The zero-order valence-electron chi connectivity index (χ0n) is 10.4. The van der Waals surface area contributed by atoms with Crippen molar-refractivity contribution in [2.45, 2.75) is 20.4 Å². The van der Waals surface area contributed by atoms with E-state index in [1.807, 2.05) is 19.9 Å². The van der Waals surface area contributed by atoms with Crippen LogP contribution in [-0.2, 0) is 6.54 Å². The summed E-state index contributed by atoms with van der Waals surface area (Å²) in [6.45, 7) is 4.10. The average molecular weight is 296 g/mol. The fourth-order valence-corrected chi connectivity index (χ4v) is 3.23. The Bertz CT molecular complexity index is 631. The van der Waals surface area contributed by atoms with Crippen molar-refractivity contribution in [3.63, 3.8) is 0 Å². The summed E-state index contributed by atoms with van der Waals surface area (Å²) < 4.78 is 0. The molecule has 0 saturated carbocycles. The molecule has 0 aliphatic rings. The predicted molar refractivity (Wildman–Crippen MR) is 74.0 cm³/mol. The number of amides is 1. The third-order valence-corrected chi connectivity index (χ3v) is 4.27. The van der Waals surface area contributed by atoms with Gasteiger partial charge >= 0.3 is 5.97 Å². The Kier molecular flexibility index (Phi) is 3.96. The van der Waals surface area contributed by atoms with Crippen molar-refractivity contribution in [3.8, 4) is 0 Å². The number of aromatic nitrogens is 1. The second kappa shape index (κ2) is 5.50. The maximum absolute atomic E-state index is 11.9. The van der Waals surface area contributed by atoms with Gasteiger partial charge in [-0.05, 0) is 19.9 Å². The maximum Gasteiger partial charge on any atom is 0.355 e. The van der Waals surface area contributed by atoms with Gasteiger partial charge in [-0.15, -0.1) is 22.7 Å². The molecule has 0 aliphatic carbocycles. The number of carbonyl (C=O) groups is 2. The van der Waals surface area contributed by atoms with Crippen LogP contribution in [0.4, 0.5) is 0 Å². The van der Waals surface area contributed by atoms with E-state index in [1.54, 1.807) is 11.3 Å². The minimum atomic E-state index is -1.06. The monoisotopic (exact) mass is 296 g/mol. The molecule has 0 aromatic carbocycles. The Balaban J connectivity index is 2.00. The van der Waals surface area contributed by atoms with E-state index in [0.29, 0.717) is 10.6 Å². The molecular weight excluding hydrogens is 284 g/mol. The van der Waals surface area contributed by atoms with Gasteiger partial charge in [0, 0.05) is 15.1 Å². The van der Waals surface area contributed by atoms with Gasteiger partial charge < -0.3 is 10.4 Å². The second-order valence-electron chi connectivity index (χ2n) is 3.94. The van der Waals surface area contributed by atoms with E-state index in [-0.39, 0.29) is 18.1 Å². The Labute approximate surface area is 117 Å². The number of hydrogen-bond acceptors (Lipinski definition) is 5. The first-order chi connectivity index (χ1) is 8.97. The first-order valence-electron chi connectivity index (χ1n) is 5.50. The van der Waals surface area contributed by atoms with E-state index >= 15 is 0 Å². The van der Waals surface area contributed by atoms with Gasteiger partial charge in [0.15, 0.2) is 5.69 Å². The van der Waals surface area contributed by atoms with Crippen molar-refractivity contribution in [2.75, 3.05) is 0 Å². The normalized spacial score (nSPS) is 10.4. The predicted octanol–water partition coefficient (Wildman–Crippen LogP) is 2.45. The molecule has 2 heterocycles. The lowest BCUT2D eigenvalue weighted by Gasteiger charge is -2.01. The lowest BCUT2D eigenvalue weighted by atomic mass is 10.2. The fraction of sp³-hybridized carbons (Fsp3) is 0.250. The Hall–Kier alpha value is -1.73. The van der Waals surface area contributed by atoms with E-state index < -0.39 is 5.97 Å². The van der Waals surface area contributed by atoms with E-state index in [2.05, 4.69) is 10.3 Å². The molecule has 1 amide bonds. The molecule has 0 spiro atoms. The summed E-state index contributed by atoms with van der Waals surface area (Å²) >= 11 is 2.80. The highest BCUT2D eigenvalue weighted by molar-refractivity contribution is 7.12.